The number of hydrogen-bond acceptors (Lipinski definition) is 8. The van der Waals surface area contributed by atoms with Crippen LogP contribution in [-0.2, 0) is 14.3 Å². The first-order valence-electron chi connectivity index (χ1n) is 7.25. The molecule has 0 saturated heterocycles. The zero-order valence-electron chi connectivity index (χ0n) is 13.2. The van der Waals surface area contributed by atoms with Gasteiger partial charge in [-0.1, -0.05) is 0 Å². The van der Waals surface area contributed by atoms with E-state index in [1.165, 1.54) is 20.1 Å². The molecule has 0 heterocycles. The number of nitrogens with one attached hydrogen (secondary N) is 1. The van der Waals surface area contributed by atoms with Crippen LogP contribution in [0.3, 0.4) is 0 Å². The lowest BCUT2D eigenvalue weighted by molar-refractivity contribution is -0.142. The fraction of sp³-hybridized carbons (Fsp3) is 0.786. The second-order valence-corrected chi connectivity index (χ2v) is 4.97. The molecule has 2 atom stereocenters. The minimum atomic E-state index is -1.25. The molecule has 0 saturated carbocycles. The quantitative estimate of drug-likeness (QED) is 0.106. The molecule has 0 spiro atoms. The van der Waals surface area contributed by atoms with Gasteiger partial charge in [0.1, 0.15) is 5.72 Å². The number of aliphatic hydroxyl groups is 3. The van der Waals surface area contributed by atoms with Crippen LogP contribution in [0.4, 0.5) is 0 Å². The third-order valence-corrected chi connectivity index (χ3v) is 3.03. The summed E-state index contributed by atoms with van der Waals surface area (Å²) in [6.45, 7) is 2.16. The number of methoxy groups -OCH3 is 1. The van der Waals surface area contributed by atoms with Crippen LogP contribution in [0.15, 0.2) is 11.8 Å². The van der Waals surface area contributed by atoms with Crippen molar-refractivity contribution in [3.8, 4) is 0 Å². The van der Waals surface area contributed by atoms with Gasteiger partial charge < -0.3 is 30.5 Å². The van der Waals surface area contributed by atoms with Gasteiger partial charge in [-0.25, -0.2) is 4.79 Å². The van der Waals surface area contributed by atoms with E-state index < -0.39 is 23.6 Å². The first kappa shape index (κ1) is 20.8. The standard InChI is InChI=1S/C14H28N2O6/c1-3-12(18)13(19)22-8-4-5-14(20,6-7-15)16-9-11(17)10-21-2/h3,11,16-18,20H,4-10,15H2,1-2H3. The smallest absolute Gasteiger partial charge is 0.373 e. The molecular formula is C14H28N2O6. The molecule has 0 aromatic carbocycles. The molecule has 0 aromatic rings. The molecule has 0 aliphatic rings. The van der Waals surface area contributed by atoms with Crippen molar-refractivity contribution < 1.29 is 29.6 Å². The molecule has 0 aliphatic carbocycles. The predicted molar refractivity (Wildman–Crippen MR) is 81.1 cm³/mol. The minimum Gasteiger partial charge on any atom is -0.502 e. The highest BCUT2D eigenvalue weighted by molar-refractivity contribution is 5.85. The van der Waals surface area contributed by atoms with Crippen LogP contribution >= 0.6 is 0 Å². The Balaban J connectivity index is 4.19. The lowest BCUT2D eigenvalue weighted by Crippen LogP contribution is -2.50. The maximum atomic E-state index is 11.2. The highest BCUT2D eigenvalue weighted by atomic mass is 16.5. The van der Waals surface area contributed by atoms with E-state index in [9.17, 15) is 15.0 Å². The van der Waals surface area contributed by atoms with Gasteiger partial charge in [0.15, 0.2) is 5.76 Å². The van der Waals surface area contributed by atoms with E-state index >= 15 is 0 Å². The largest absolute Gasteiger partial charge is 0.502 e. The Morgan fingerprint density at radius 3 is 2.68 bits per heavy atom. The van der Waals surface area contributed by atoms with Crippen LogP contribution in [0.25, 0.3) is 0 Å². The zero-order chi connectivity index (χ0) is 17.0. The van der Waals surface area contributed by atoms with Gasteiger partial charge in [0.05, 0.1) is 19.3 Å². The summed E-state index contributed by atoms with van der Waals surface area (Å²) in [6.07, 6.45) is 1.46. The number of hydrogen-bond donors (Lipinski definition) is 5. The summed E-state index contributed by atoms with van der Waals surface area (Å²) in [5.74, 6) is -1.24. The molecule has 0 aliphatic heterocycles. The molecule has 0 rings (SSSR count). The summed E-state index contributed by atoms with van der Waals surface area (Å²) >= 11 is 0. The highest BCUT2D eigenvalue weighted by Crippen LogP contribution is 2.14. The van der Waals surface area contributed by atoms with Crippen LogP contribution in [0, 0.1) is 0 Å². The summed E-state index contributed by atoms with van der Waals surface area (Å²) in [4.78, 5) is 11.2. The first-order valence-corrected chi connectivity index (χ1v) is 7.25. The SMILES string of the molecule is CC=C(O)C(=O)OCCCC(O)(CCN)NCC(O)COC. The summed E-state index contributed by atoms with van der Waals surface area (Å²) in [5.41, 5.74) is 4.23. The van der Waals surface area contributed by atoms with Crippen molar-refractivity contribution >= 4 is 5.97 Å². The van der Waals surface area contributed by atoms with Crippen molar-refractivity contribution in [1.29, 1.82) is 0 Å². The van der Waals surface area contributed by atoms with Crippen molar-refractivity contribution in [2.24, 2.45) is 5.73 Å². The van der Waals surface area contributed by atoms with Crippen molar-refractivity contribution in [3.05, 3.63) is 11.8 Å². The second kappa shape index (κ2) is 11.4. The van der Waals surface area contributed by atoms with Crippen LogP contribution in [0.2, 0.25) is 0 Å². The van der Waals surface area contributed by atoms with Crippen molar-refractivity contribution in [2.75, 3.05) is 33.4 Å². The molecule has 0 bridgehead atoms. The number of aliphatic hydroxyl groups excluding tert-OH is 2. The lowest BCUT2D eigenvalue weighted by atomic mass is 10.0. The van der Waals surface area contributed by atoms with E-state index in [1.54, 1.807) is 0 Å². The Hall–Kier alpha value is -1.19. The van der Waals surface area contributed by atoms with Crippen molar-refractivity contribution in [3.63, 3.8) is 0 Å². The van der Waals surface area contributed by atoms with Gasteiger partial charge >= 0.3 is 5.97 Å². The first-order chi connectivity index (χ1) is 10.4. The maximum Gasteiger partial charge on any atom is 0.373 e. The number of carbonyl (C=O) groups is 1. The Labute approximate surface area is 130 Å². The molecule has 2 unspecified atom stereocenters. The molecule has 8 heteroatoms. The molecule has 6 N–H and O–H groups in total. The monoisotopic (exact) mass is 320 g/mol. The second-order valence-electron chi connectivity index (χ2n) is 4.97. The van der Waals surface area contributed by atoms with Crippen molar-refractivity contribution in [2.45, 2.75) is 38.0 Å². The number of nitrogens with two attached hydrogens (primary N) is 1. The van der Waals surface area contributed by atoms with Crippen LogP contribution in [0.5, 0.6) is 0 Å². The van der Waals surface area contributed by atoms with E-state index in [1.807, 2.05) is 0 Å². The fourth-order valence-electron chi connectivity index (χ4n) is 1.82. The van der Waals surface area contributed by atoms with Gasteiger partial charge in [0, 0.05) is 20.1 Å². The number of ether oxygens (including phenoxy) is 2. The van der Waals surface area contributed by atoms with Gasteiger partial charge in [-0.05, 0) is 32.4 Å². The third kappa shape index (κ3) is 8.96. The normalized spacial score (nSPS) is 16.1. The highest BCUT2D eigenvalue weighted by Gasteiger charge is 2.26. The summed E-state index contributed by atoms with van der Waals surface area (Å²) in [6, 6.07) is 0. The minimum absolute atomic E-state index is 0.0614. The van der Waals surface area contributed by atoms with Crippen molar-refractivity contribution in [1.82, 2.24) is 5.32 Å². The maximum absolute atomic E-state index is 11.2. The van der Waals surface area contributed by atoms with Gasteiger partial charge in [-0.3, -0.25) is 5.32 Å². The average molecular weight is 320 g/mol. The van der Waals surface area contributed by atoms with Crippen LogP contribution in [0.1, 0.15) is 26.2 Å². The van der Waals surface area contributed by atoms with E-state index in [2.05, 4.69) is 5.32 Å². The molecule has 0 amide bonds. The molecule has 8 nitrogen and oxygen atoms in total. The van der Waals surface area contributed by atoms with Gasteiger partial charge in [-0.15, -0.1) is 0 Å². The molecular weight excluding hydrogens is 292 g/mol. The average Bonchev–Trinajstić information content (AvgIpc) is 2.49. The van der Waals surface area contributed by atoms with Gasteiger partial charge in [-0.2, -0.15) is 0 Å². The van der Waals surface area contributed by atoms with E-state index in [0.29, 0.717) is 12.8 Å². The topological polar surface area (TPSA) is 134 Å². The Morgan fingerprint density at radius 1 is 1.45 bits per heavy atom. The molecule has 130 valence electrons. The summed E-state index contributed by atoms with van der Waals surface area (Å²) in [7, 11) is 1.48. The number of esters is 1. The predicted octanol–water partition coefficient (Wildman–Crippen LogP) is -0.594. The molecule has 0 aromatic heterocycles. The molecule has 0 radical (unpaired) electrons. The third-order valence-electron chi connectivity index (χ3n) is 3.03. The lowest BCUT2D eigenvalue weighted by Gasteiger charge is -2.30. The van der Waals surface area contributed by atoms with Gasteiger partial charge in [0.2, 0.25) is 0 Å². The number of allylic oxidation sites excluding steroid dienone is 1. The summed E-state index contributed by atoms with van der Waals surface area (Å²) < 4.78 is 9.64. The fourth-order valence-corrected chi connectivity index (χ4v) is 1.82. The summed E-state index contributed by atoms with van der Waals surface area (Å²) in [5, 5.41) is 32.0. The van der Waals surface area contributed by atoms with Gasteiger partial charge in [0.25, 0.3) is 0 Å². The number of carbonyl (C=O) groups excluding carboxylic acids is 1. The van der Waals surface area contributed by atoms with E-state index in [0.717, 1.165) is 0 Å². The van der Waals surface area contributed by atoms with E-state index in [-0.39, 0.29) is 32.7 Å². The number of rotatable bonds is 12. The Morgan fingerprint density at radius 2 is 2.14 bits per heavy atom. The Kier molecular flexibility index (Phi) is 10.8. The zero-order valence-corrected chi connectivity index (χ0v) is 13.2. The Bertz CT molecular complexity index is 350. The van der Waals surface area contributed by atoms with Crippen LogP contribution < -0.4 is 11.1 Å². The molecule has 22 heavy (non-hydrogen) atoms. The van der Waals surface area contributed by atoms with Crippen LogP contribution in [-0.4, -0.2) is 66.5 Å². The molecule has 0 fully saturated rings. The van der Waals surface area contributed by atoms with E-state index in [4.69, 9.17) is 20.3 Å².